The van der Waals surface area contributed by atoms with E-state index in [1.165, 1.54) is 58.1 Å². The molecule has 0 atom stereocenters. The molecule has 7 aromatic rings. The first-order valence-electron chi connectivity index (χ1n) is 30.4. The summed E-state index contributed by atoms with van der Waals surface area (Å²) in [4.78, 5) is 53.4. The molecule has 5 aromatic carbocycles. The van der Waals surface area contributed by atoms with Crippen molar-refractivity contribution in [3.05, 3.63) is 157 Å². The van der Waals surface area contributed by atoms with Crippen LogP contribution in [0.1, 0.15) is 157 Å². The summed E-state index contributed by atoms with van der Waals surface area (Å²) in [5.74, 6) is 1.12. The maximum atomic E-state index is 14.6. The molecular formula is C71H79FO10S2. The third-order valence-corrected chi connectivity index (χ3v) is 18.9. The number of carbonyl (C=O) groups is 4. The van der Waals surface area contributed by atoms with Crippen LogP contribution in [0.15, 0.2) is 135 Å². The highest BCUT2D eigenvalue weighted by Gasteiger charge is 2.34. The molecule has 0 aliphatic heterocycles. The van der Waals surface area contributed by atoms with Crippen LogP contribution in [0.2, 0.25) is 0 Å². The van der Waals surface area contributed by atoms with Gasteiger partial charge in [-0.2, -0.15) is 0 Å². The van der Waals surface area contributed by atoms with Crippen LogP contribution in [-0.2, 0) is 28.7 Å². The second kappa shape index (κ2) is 31.2. The first kappa shape index (κ1) is 61.5. The van der Waals surface area contributed by atoms with Gasteiger partial charge in [-0.3, -0.25) is 9.59 Å². The lowest BCUT2D eigenvalue weighted by Crippen LogP contribution is -2.25. The second-order valence-corrected chi connectivity index (χ2v) is 24.6. The summed E-state index contributed by atoms with van der Waals surface area (Å²) in [6.45, 7) is 10.9. The van der Waals surface area contributed by atoms with E-state index >= 15 is 0 Å². The summed E-state index contributed by atoms with van der Waals surface area (Å²) < 4.78 is 51.6. The average Bonchev–Trinajstić information content (AvgIpc) is 3.43. The first-order chi connectivity index (χ1) is 41.0. The third-order valence-electron chi connectivity index (χ3n) is 16.5. The SMILES string of the molecule is C=CC(=O)OCCCCCCCCOc1ccc(C2CCC(C(=O)Oc3c4cc(-c5ccc(F)cc5C)sc4c(OC(=O)C4CCC(c5ccc(OCCCCCCCCOC(=O)C=C)cc5)CC4)c4cc(-c5ccccc5)sc34)CC2)cc1. The van der Waals surface area contributed by atoms with Crippen molar-refractivity contribution in [2.45, 2.75) is 147 Å². The average molecular weight is 1180 g/mol. The van der Waals surface area contributed by atoms with Gasteiger partial charge in [-0.25, -0.2) is 14.0 Å². The van der Waals surface area contributed by atoms with E-state index in [1.807, 2.05) is 31.2 Å². The van der Waals surface area contributed by atoms with Gasteiger partial charge in [-0.15, -0.1) is 22.7 Å². The van der Waals surface area contributed by atoms with Gasteiger partial charge in [-0.05, 0) is 172 Å². The van der Waals surface area contributed by atoms with Gasteiger partial charge in [0.05, 0.1) is 47.7 Å². The monoisotopic (exact) mass is 1170 g/mol. The van der Waals surface area contributed by atoms with Crippen LogP contribution in [0, 0.1) is 24.6 Å². The number of hydrogen-bond acceptors (Lipinski definition) is 12. The lowest BCUT2D eigenvalue weighted by Gasteiger charge is -2.28. The molecule has 0 saturated heterocycles. The van der Waals surface area contributed by atoms with Crippen LogP contribution in [0.4, 0.5) is 4.39 Å². The minimum atomic E-state index is -0.367. The van der Waals surface area contributed by atoms with Crippen molar-refractivity contribution in [3.8, 4) is 43.9 Å². The summed E-state index contributed by atoms with van der Waals surface area (Å²) >= 11 is 3.00. The second-order valence-electron chi connectivity index (χ2n) is 22.5. The van der Waals surface area contributed by atoms with E-state index in [9.17, 15) is 23.6 Å². The number of fused-ring (bicyclic) bond motifs is 2. The van der Waals surface area contributed by atoms with Crippen LogP contribution in [-0.4, -0.2) is 50.3 Å². The molecule has 2 aliphatic carbocycles. The Morgan fingerprint density at radius 2 is 0.917 bits per heavy atom. The standard InChI is InChI=1S/C71H79FO10S2/c1-4-64(73)79-43-19-12-8-6-10-17-41-77-57-36-31-51(32-37-57)49-23-27-54(28-24-49)70(75)81-66-60-46-62(53-21-15-14-16-22-53)83-68(60)67(61-47-63(84-69(61)66)59-40-35-56(72)45-48(59)3)82-71(76)55-29-25-50(26-30-55)52-33-38-58(39-34-52)78-42-18-11-7-9-13-20-44-80-65(74)5-2/h4-5,14-16,21-22,31-40,45-47,49-50,54-55H,1-2,6-13,17-20,23-30,41-44H2,3H3. The predicted octanol–water partition coefficient (Wildman–Crippen LogP) is 18.6. The molecule has 84 heavy (non-hydrogen) atoms. The number of carbonyl (C=O) groups excluding carboxylic acids is 4. The Hall–Kier alpha value is -7.09. The Morgan fingerprint density at radius 1 is 0.500 bits per heavy atom. The highest BCUT2D eigenvalue weighted by Crippen LogP contribution is 2.54. The molecule has 0 amide bonds. The van der Waals surface area contributed by atoms with E-state index in [2.05, 4.69) is 79.9 Å². The van der Waals surface area contributed by atoms with E-state index in [1.54, 1.807) is 6.07 Å². The first-order valence-corrected chi connectivity index (χ1v) is 32.0. The number of halogens is 1. The number of benzene rings is 5. The Balaban J connectivity index is 0.836. The molecule has 0 spiro atoms. The number of unbranched alkanes of at least 4 members (excludes halogenated alkanes) is 10. The Morgan fingerprint density at radius 3 is 1.36 bits per heavy atom. The van der Waals surface area contributed by atoms with E-state index < -0.39 is 0 Å². The topological polar surface area (TPSA) is 124 Å². The molecule has 0 bridgehead atoms. The van der Waals surface area contributed by atoms with Crippen LogP contribution >= 0.6 is 22.7 Å². The summed E-state index contributed by atoms with van der Waals surface area (Å²) in [6, 6.07) is 35.8. The van der Waals surface area contributed by atoms with Gasteiger partial charge in [0.15, 0.2) is 11.5 Å². The molecule has 0 radical (unpaired) electrons. The van der Waals surface area contributed by atoms with Gasteiger partial charge in [0.25, 0.3) is 0 Å². The summed E-state index contributed by atoms with van der Waals surface area (Å²) in [7, 11) is 0. The molecule has 0 unspecified atom stereocenters. The molecule has 0 N–H and O–H groups in total. The van der Waals surface area contributed by atoms with Gasteiger partial charge < -0.3 is 28.4 Å². The highest BCUT2D eigenvalue weighted by atomic mass is 32.1. The Bertz CT molecular complexity index is 3140. The molecular weight excluding hydrogens is 1100 g/mol. The maximum absolute atomic E-state index is 14.6. The molecule has 13 heteroatoms. The molecule has 2 saturated carbocycles. The van der Waals surface area contributed by atoms with Crippen LogP contribution in [0.5, 0.6) is 23.0 Å². The highest BCUT2D eigenvalue weighted by molar-refractivity contribution is 7.24. The van der Waals surface area contributed by atoms with Crippen molar-refractivity contribution >= 4 is 66.7 Å². The minimum Gasteiger partial charge on any atom is -0.494 e. The van der Waals surface area contributed by atoms with Crippen LogP contribution < -0.4 is 18.9 Å². The number of hydrogen-bond donors (Lipinski definition) is 0. The van der Waals surface area contributed by atoms with Crippen molar-refractivity contribution in [1.29, 1.82) is 0 Å². The predicted molar refractivity (Wildman–Crippen MR) is 335 cm³/mol. The number of ether oxygens (including phenoxy) is 6. The zero-order valence-electron chi connectivity index (χ0n) is 48.5. The third kappa shape index (κ3) is 16.8. The van der Waals surface area contributed by atoms with Crippen molar-refractivity contribution in [2.75, 3.05) is 26.4 Å². The van der Waals surface area contributed by atoms with Gasteiger partial charge in [-0.1, -0.05) is 125 Å². The normalized spacial score (nSPS) is 16.9. The fourth-order valence-electron chi connectivity index (χ4n) is 11.7. The van der Waals surface area contributed by atoms with Crippen LogP contribution in [0.3, 0.4) is 0 Å². The van der Waals surface area contributed by atoms with E-state index in [0.717, 1.165) is 151 Å². The van der Waals surface area contributed by atoms with E-state index in [4.69, 9.17) is 28.4 Å². The number of aryl methyl sites for hydroxylation is 1. The van der Waals surface area contributed by atoms with Crippen molar-refractivity contribution < 1.29 is 52.0 Å². The number of esters is 4. The molecule has 2 fully saturated rings. The van der Waals surface area contributed by atoms with Crippen LogP contribution in [0.25, 0.3) is 41.1 Å². The Labute approximate surface area is 502 Å². The molecule has 10 nitrogen and oxygen atoms in total. The fraction of sp³-hybridized carbons (Fsp3) is 0.408. The van der Waals surface area contributed by atoms with Gasteiger partial charge in [0.1, 0.15) is 17.3 Å². The lowest BCUT2D eigenvalue weighted by atomic mass is 9.79. The zero-order valence-corrected chi connectivity index (χ0v) is 50.2. The minimum absolute atomic E-state index is 0.264. The number of thiophene rings is 2. The van der Waals surface area contributed by atoms with Gasteiger partial charge >= 0.3 is 23.9 Å². The van der Waals surface area contributed by atoms with Crippen molar-refractivity contribution in [3.63, 3.8) is 0 Å². The summed E-state index contributed by atoms with van der Waals surface area (Å²) in [5, 5.41) is 1.41. The molecule has 2 heterocycles. The zero-order chi connectivity index (χ0) is 58.6. The fourth-order valence-corrected chi connectivity index (χ4v) is 14.1. The quantitative estimate of drug-likeness (QED) is 0.0186. The molecule has 442 valence electrons. The maximum Gasteiger partial charge on any atom is 0.330 e. The lowest BCUT2D eigenvalue weighted by molar-refractivity contribution is -0.140. The van der Waals surface area contributed by atoms with Gasteiger partial charge in [0.2, 0.25) is 0 Å². The van der Waals surface area contributed by atoms with E-state index in [-0.39, 0.29) is 41.5 Å². The largest absolute Gasteiger partial charge is 0.494 e. The van der Waals surface area contributed by atoms with E-state index in [0.29, 0.717) is 85.5 Å². The Kier molecular flexibility index (Phi) is 22.8. The summed E-state index contributed by atoms with van der Waals surface area (Å²) in [5.41, 5.74) is 5.12. The molecule has 2 aromatic heterocycles. The summed E-state index contributed by atoms with van der Waals surface area (Å²) in [6.07, 6.45) is 20.9. The number of rotatable bonds is 30. The smallest absolute Gasteiger partial charge is 0.330 e. The molecule has 9 rings (SSSR count). The molecule has 2 aliphatic rings. The van der Waals surface area contributed by atoms with Crippen molar-refractivity contribution in [2.24, 2.45) is 11.8 Å². The van der Waals surface area contributed by atoms with Gasteiger partial charge in [0, 0.05) is 32.7 Å². The van der Waals surface area contributed by atoms with Crippen molar-refractivity contribution in [1.82, 2.24) is 0 Å².